The zero-order valence-electron chi connectivity index (χ0n) is 22.8. The molecule has 0 aromatic heterocycles. The number of para-hydroxylation sites is 1. The van der Waals surface area contributed by atoms with E-state index in [1.165, 1.54) is 22.4 Å². The number of carbonyl (C=O) groups is 1. The SMILES string of the molecule is CC(C)CN(Cc1cc(Cl)c2c(c1)CCCCO2)C(=O)C1CCCN(Cc2cccc3c2N(C)CC3)C1. The third-order valence-electron chi connectivity index (χ3n) is 8.09. The number of rotatable bonds is 7. The lowest BCUT2D eigenvalue weighted by Gasteiger charge is -2.36. The number of halogens is 1. The lowest BCUT2D eigenvalue weighted by Crippen LogP contribution is -2.45. The maximum atomic E-state index is 13.9. The van der Waals surface area contributed by atoms with Gasteiger partial charge in [0, 0.05) is 45.5 Å². The molecule has 0 aliphatic carbocycles. The van der Waals surface area contributed by atoms with Gasteiger partial charge in [0.05, 0.1) is 17.5 Å². The van der Waals surface area contributed by atoms with E-state index in [0.717, 1.165) is 89.2 Å². The average Bonchev–Trinajstić information content (AvgIpc) is 3.09. The van der Waals surface area contributed by atoms with E-state index in [9.17, 15) is 4.79 Å². The van der Waals surface area contributed by atoms with Crippen LogP contribution in [0.2, 0.25) is 5.02 Å². The predicted molar refractivity (Wildman–Crippen MR) is 152 cm³/mol. The second kappa shape index (κ2) is 11.7. The number of ether oxygens (including phenoxy) is 1. The van der Waals surface area contributed by atoms with Gasteiger partial charge in [0.25, 0.3) is 0 Å². The highest BCUT2D eigenvalue weighted by atomic mass is 35.5. The summed E-state index contributed by atoms with van der Waals surface area (Å²) >= 11 is 6.65. The van der Waals surface area contributed by atoms with Crippen LogP contribution in [0.15, 0.2) is 30.3 Å². The standard InChI is InChI=1S/C31H42ClN3O2/c1-22(2)18-35(19-23-16-25-8-4-5-15-37-30(25)28(32)17-23)31(36)27-11-7-13-34(21-27)20-26-10-6-9-24-12-14-33(3)29(24)26/h6,9-10,16-17,22,27H,4-5,7-8,11-15,18-21H2,1-3H3. The maximum absolute atomic E-state index is 13.9. The molecule has 2 aromatic carbocycles. The molecule has 3 aliphatic rings. The molecule has 3 aliphatic heterocycles. The van der Waals surface area contributed by atoms with E-state index in [1.807, 2.05) is 6.07 Å². The number of piperidine rings is 1. The van der Waals surface area contributed by atoms with Gasteiger partial charge >= 0.3 is 0 Å². The first-order chi connectivity index (χ1) is 17.9. The van der Waals surface area contributed by atoms with Crippen LogP contribution < -0.4 is 9.64 Å². The van der Waals surface area contributed by atoms with Gasteiger partial charge in [0.2, 0.25) is 5.91 Å². The highest BCUT2D eigenvalue weighted by molar-refractivity contribution is 6.32. The van der Waals surface area contributed by atoms with E-state index in [-0.39, 0.29) is 11.8 Å². The Morgan fingerprint density at radius 1 is 1.14 bits per heavy atom. The average molecular weight is 524 g/mol. The molecule has 0 N–H and O–H groups in total. The monoisotopic (exact) mass is 523 g/mol. The zero-order valence-corrected chi connectivity index (χ0v) is 23.5. The second-order valence-corrected chi connectivity index (χ2v) is 12.1. The molecule has 0 saturated carbocycles. The van der Waals surface area contributed by atoms with Gasteiger partial charge in [-0.3, -0.25) is 9.69 Å². The van der Waals surface area contributed by atoms with Gasteiger partial charge in [0.1, 0.15) is 5.75 Å². The van der Waals surface area contributed by atoms with Crippen LogP contribution in [0.4, 0.5) is 5.69 Å². The van der Waals surface area contributed by atoms with Crippen molar-refractivity contribution < 1.29 is 9.53 Å². The van der Waals surface area contributed by atoms with Crippen molar-refractivity contribution in [2.24, 2.45) is 11.8 Å². The van der Waals surface area contributed by atoms with Gasteiger partial charge in [-0.1, -0.05) is 49.7 Å². The molecule has 0 radical (unpaired) electrons. The summed E-state index contributed by atoms with van der Waals surface area (Å²) in [6.45, 7) is 10.4. The fraction of sp³-hybridized carbons (Fsp3) is 0.581. The Hall–Kier alpha value is -2.24. The number of likely N-dealkylation sites (tertiary alicyclic amines) is 1. The molecule has 0 spiro atoms. The molecule has 1 unspecified atom stereocenters. The maximum Gasteiger partial charge on any atom is 0.227 e. The number of nitrogens with zero attached hydrogens (tertiary/aromatic N) is 3. The topological polar surface area (TPSA) is 36.0 Å². The van der Waals surface area contributed by atoms with E-state index in [4.69, 9.17) is 16.3 Å². The number of carbonyl (C=O) groups excluding carboxylic acids is 1. The van der Waals surface area contributed by atoms with Gasteiger partial charge < -0.3 is 14.5 Å². The normalized spacial score (nSPS) is 19.8. The molecule has 5 rings (SSSR count). The number of hydrogen-bond acceptors (Lipinski definition) is 4. The zero-order chi connectivity index (χ0) is 25.9. The lowest BCUT2D eigenvalue weighted by molar-refractivity contribution is -0.138. The number of amides is 1. The van der Waals surface area contributed by atoms with Crippen molar-refractivity contribution in [1.29, 1.82) is 0 Å². The first-order valence-corrected chi connectivity index (χ1v) is 14.5. The minimum Gasteiger partial charge on any atom is -0.492 e. The summed E-state index contributed by atoms with van der Waals surface area (Å²) in [4.78, 5) is 20.9. The molecule has 1 atom stereocenters. The van der Waals surface area contributed by atoms with Crippen molar-refractivity contribution in [3.05, 3.63) is 57.6 Å². The predicted octanol–water partition coefficient (Wildman–Crippen LogP) is 5.94. The molecule has 1 amide bonds. The summed E-state index contributed by atoms with van der Waals surface area (Å²) in [5.41, 5.74) is 6.55. The van der Waals surface area contributed by atoms with Gasteiger partial charge in [-0.25, -0.2) is 0 Å². The Kier molecular flexibility index (Phi) is 8.31. The van der Waals surface area contributed by atoms with Gasteiger partial charge in [-0.05, 0) is 79.3 Å². The molecular weight excluding hydrogens is 482 g/mol. The lowest BCUT2D eigenvalue weighted by atomic mass is 9.94. The summed E-state index contributed by atoms with van der Waals surface area (Å²) < 4.78 is 5.92. The highest BCUT2D eigenvalue weighted by Gasteiger charge is 2.31. The fourth-order valence-corrected chi connectivity index (χ4v) is 6.72. The fourth-order valence-electron chi connectivity index (χ4n) is 6.40. The van der Waals surface area contributed by atoms with Crippen LogP contribution in [-0.4, -0.2) is 55.5 Å². The second-order valence-electron chi connectivity index (χ2n) is 11.7. The molecular formula is C31H42ClN3O2. The molecule has 0 bridgehead atoms. The summed E-state index contributed by atoms with van der Waals surface area (Å²) in [5, 5.41) is 0.676. The number of aryl methyl sites for hydroxylation is 1. The smallest absolute Gasteiger partial charge is 0.227 e. The Morgan fingerprint density at radius 2 is 2.00 bits per heavy atom. The van der Waals surface area contributed by atoms with Crippen molar-refractivity contribution in [2.45, 2.75) is 65.5 Å². The number of likely N-dealkylation sites (N-methyl/N-ethyl adjacent to an activating group) is 1. The molecule has 200 valence electrons. The quantitative estimate of drug-likeness (QED) is 0.449. The van der Waals surface area contributed by atoms with E-state index < -0.39 is 0 Å². The summed E-state index contributed by atoms with van der Waals surface area (Å²) in [5.74, 6) is 1.58. The molecule has 37 heavy (non-hydrogen) atoms. The molecule has 1 fully saturated rings. The van der Waals surface area contributed by atoms with Crippen molar-refractivity contribution in [3.63, 3.8) is 0 Å². The summed E-state index contributed by atoms with van der Waals surface area (Å²) in [6.07, 6.45) is 6.31. The minimum absolute atomic E-state index is 0.0432. The first kappa shape index (κ1) is 26.4. The van der Waals surface area contributed by atoms with Crippen LogP contribution in [0.25, 0.3) is 0 Å². The van der Waals surface area contributed by atoms with Crippen molar-refractivity contribution in [2.75, 3.05) is 44.7 Å². The molecule has 3 heterocycles. The van der Waals surface area contributed by atoms with E-state index in [1.54, 1.807) is 0 Å². The van der Waals surface area contributed by atoms with Crippen molar-refractivity contribution >= 4 is 23.2 Å². The summed E-state index contributed by atoms with van der Waals surface area (Å²) in [7, 11) is 2.20. The number of anilines is 1. The largest absolute Gasteiger partial charge is 0.492 e. The van der Waals surface area contributed by atoms with Gasteiger partial charge in [0.15, 0.2) is 0 Å². The van der Waals surface area contributed by atoms with Gasteiger partial charge in [-0.2, -0.15) is 0 Å². The third kappa shape index (κ3) is 6.09. The number of benzene rings is 2. The first-order valence-electron chi connectivity index (χ1n) is 14.2. The van der Waals surface area contributed by atoms with Gasteiger partial charge in [-0.15, -0.1) is 0 Å². The van der Waals surface area contributed by atoms with Crippen LogP contribution in [0.1, 0.15) is 61.8 Å². The molecule has 5 nitrogen and oxygen atoms in total. The molecule has 2 aromatic rings. The highest BCUT2D eigenvalue weighted by Crippen LogP contribution is 2.35. The van der Waals surface area contributed by atoms with Crippen LogP contribution in [0.5, 0.6) is 5.75 Å². The number of fused-ring (bicyclic) bond motifs is 2. The Morgan fingerprint density at radius 3 is 2.84 bits per heavy atom. The number of hydrogen-bond donors (Lipinski definition) is 0. The van der Waals surface area contributed by atoms with E-state index >= 15 is 0 Å². The summed E-state index contributed by atoms with van der Waals surface area (Å²) in [6, 6.07) is 10.9. The molecule has 6 heteroatoms. The molecule has 1 saturated heterocycles. The van der Waals surface area contributed by atoms with Crippen LogP contribution in [0, 0.1) is 11.8 Å². The van der Waals surface area contributed by atoms with Crippen LogP contribution in [-0.2, 0) is 30.7 Å². The minimum atomic E-state index is 0.0432. The van der Waals surface area contributed by atoms with Crippen LogP contribution in [0.3, 0.4) is 0 Å². The van der Waals surface area contributed by atoms with E-state index in [2.05, 4.69) is 59.9 Å². The van der Waals surface area contributed by atoms with Crippen LogP contribution >= 0.6 is 11.6 Å². The Bertz CT molecular complexity index is 1120. The Balaban J connectivity index is 1.30. The third-order valence-corrected chi connectivity index (χ3v) is 8.37. The van der Waals surface area contributed by atoms with Crippen molar-refractivity contribution in [3.8, 4) is 5.75 Å². The Labute approximate surface area is 227 Å². The van der Waals surface area contributed by atoms with E-state index in [0.29, 0.717) is 17.5 Å². The van der Waals surface area contributed by atoms with Crippen molar-refractivity contribution in [1.82, 2.24) is 9.80 Å².